The van der Waals surface area contributed by atoms with Crippen molar-refractivity contribution in [2.24, 2.45) is 0 Å². The minimum Gasteiger partial charge on any atom is -0.399 e. The van der Waals surface area contributed by atoms with Gasteiger partial charge in [0.15, 0.2) is 5.16 Å². The van der Waals surface area contributed by atoms with Crippen LogP contribution in [-0.2, 0) is 0 Å². The second-order valence-electron chi connectivity index (χ2n) is 4.86. The molecule has 2 aromatic rings. The standard InChI is InChI=1S/C12H15N3OS/c1-12(2,3)17-11-14-9-5-4-7(13)6-8(9)10(16)15-11/h4-6H,13H2,1-3H3,(H,14,15,16). The molecule has 4 nitrogen and oxygen atoms in total. The molecule has 0 radical (unpaired) electrons. The predicted octanol–water partition coefficient (Wildman–Crippen LogP) is 2.40. The summed E-state index contributed by atoms with van der Waals surface area (Å²) in [6, 6.07) is 5.17. The van der Waals surface area contributed by atoms with E-state index in [1.54, 1.807) is 18.2 Å². The van der Waals surface area contributed by atoms with Gasteiger partial charge in [0, 0.05) is 10.4 Å². The molecule has 3 N–H and O–H groups in total. The number of H-pyrrole nitrogens is 1. The summed E-state index contributed by atoms with van der Waals surface area (Å²) in [4.78, 5) is 19.1. The van der Waals surface area contributed by atoms with Crippen molar-refractivity contribution in [3.63, 3.8) is 0 Å². The van der Waals surface area contributed by atoms with E-state index in [0.717, 1.165) is 0 Å². The molecule has 1 aromatic heterocycles. The van der Waals surface area contributed by atoms with Crippen molar-refractivity contribution in [1.82, 2.24) is 9.97 Å². The molecule has 1 aromatic carbocycles. The molecule has 0 atom stereocenters. The Morgan fingerprint density at radius 1 is 1.35 bits per heavy atom. The summed E-state index contributed by atoms with van der Waals surface area (Å²) in [7, 11) is 0. The predicted molar refractivity (Wildman–Crippen MR) is 72.4 cm³/mol. The first-order chi connectivity index (χ1) is 7.85. The molecular weight excluding hydrogens is 234 g/mol. The second-order valence-corrected chi connectivity index (χ2v) is 6.68. The molecule has 0 aliphatic heterocycles. The fraction of sp³-hybridized carbons (Fsp3) is 0.333. The van der Waals surface area contributed by atoms with Crippen LogP contribution in [0, 0.1) is 0 Å². The quantitative estimate of drug-likeness (QED) is 0.462. The largest absolute Gasteiger partial charge is 0.399 e. The molecule has 0 amide bonds. The topological polar surface area (TPSA) is 71.8 Å². The van der Waals surface area contributed by atoms with Gasteiger partial charge in [0.1, 0.15) is 0 Å². The third kappa shape index (κ3) is 2.79. The zero-order valence-electron chi connectivity index (χ0n) is 10.1. The minimum absolute atomic E-state index is 0.0113. The maximum absolute atomic E-state index is 11.9. The lowest BCUT2D eigenvalue weighted by atomic mass is 10.2. The van der Waals surface area contributed by atoms with Gasteiger partial charge in [0.25, 0.3) is 5.56 Å². The van der Waals surface area contributed by atoms with Crippen LogP contribution in [0.4, 0.5) is 5.69 Å². The van der Waals surface area contributed by atoms with Crippen molar-refractivity contribution in [3.8, 4) is 0 Å². The number of rotatable bonds is 1. The first-order valence-electron chi connectivity index (χ1n) is 5.34. The maximum atomic E-state index is 11.9. The molecule has 0 spiro atoms. The van der Waals surface area contributed by atoms with Crippen LogP contribution < -0.4 is 11.3 Å². The van der Waals surface area contributed by atoms with Crippen LogP contribution >= 0.6 is 11.8 Å². The monoisotopic (exact) mass is 249 g/mol. The number of nitrogens with two attached hydrogens (primary N) is 1. The number of nitrogens with one attached hydrogen (secondary N) is 1. The lowest BCUT2D eigenvalue weighted by Gasteiger charge is -2.16. The Balaban J connectivity index is 2.57. The first kappa shape index (κ1) is 12.0. The number of benzene rings is 1. The molecule has 0 bridgehead atoms. The molecule has 2 rings (SSSR count). The molecule has 0 aliphatic rings. The molecule has 0 aliphatic carbocycles. The highest BCUT2D eigenvalue weighted by molar-refractivity contribution is 8.00. The van der Waals surface area contributed by atoms with E-state index in [1.165, 1.54) is 11.8 Å². The Labute approximate surface area is 104 Å². The number of aromatic nitrogens is 2. The molecule has 17 heavy (non-hydrogen) atoms. The van der Waals surface area contributed by atoms with Gasteiger partial charge in [-0.15, -0.1) is 0 Å². The van der Waals surface area contributed by atoms with Crippen LogP contribution in [0.5, 0.6) is 0 Å². The molecule has 0 saturated carbocycles. The highest BCUT2D eigenvalue weighted by Crippen LogP contribution is 2.29. The second kappa shape index (κ2) is 4.07. The van der Waals surface area contributed by atoms with Gasteiger partial charge in [0.2, 0.25) is 0 Å². The highest BCUT2D eigenvalue weighted by atomic mass is 32.2. The van der Waals surface area contributed by atoms with Crippen molar-refractivity contribution >= 4 is 28.4 Å². The smallest absolute Gasteiger partial charge is 0.259 e. The van der Waals surface area contributed by atoms with Crippen LogP contribution in [0.15, 0.2) is 28.2 Å². The van der Waals surface area contributed by atoms with Crippen LogP contribution in [0.1, 0.15) is 20.8 Å². The fourth-order valence-electron chi connectivity index (χ4n) is 1.47. The van der Waals surface area contributed by atoms with Crippen molar-refractivity contribution in [2.45, 2.75) is 30.7 Å². The van der Waals surface area contributed by atoms with Crippen LogP contribution in [-0.4, -0.2) is 14.7 Å². The van der Waals surface area contributed by atoms with E-state index in [4.69, 9.17) is 5.73 Å². The molecule has 5 heteroatoms. The molecule has 0 fully saturated rings. The van der Waals surface area contributed by atoms with Gasteiger partial charge in [-0.25, -0.2) is 4.98 Å². The maximum Gasteiger partial charge on any atom is 0.259 e. The van der Waals surface area contributed by atoms with E-state index in [-0.39, 0.29) is 10.3 Å². The molecule has 1 heterocycles. The summed E-state index contributed by atoms with van der Waals surface area (Å²) >= 11 is 1.54. The lowest BCUT2D eigenvalue weighted by molar-refractivity contribution is 0.792. The van der Waals surface area contributed by atoms with Crippen LogP contribution in [0.3, 0.4) is 0 Å². The van der Waals surface area contributed by atoms with E-state index in [2.05, 4.69) is 30.7 Å². The number of hydrogen-bond acceptors (Lipinski definition) is 4. The molecular formula is C12H15N3OS. The Morgan fingerprint density at radius 3 is 2.71 bits per heavy atom. The van der Waals surface area contributed by atoms with Crippen molar-refractivity contribution in [1.29, 1.82) is 0 Å². The van der Waals surface area contributed by atoms with Gasteiger partial charge < -0.3 is 10.7 Å². The van der Waals surface area contributed by atoms with Crippen molar-refractivity contribution in [2.75, 3.05) is 5.73 Å². The van der Waals surface area contributed by atoms with Gasteiger partial charge in [-0.3, -0.25) is 4.79 Å². The Hall–Kier alpha value is -1.49. The number of aromatic amines is 1. The number of anilines is 1. The summed E-state index contributed by atoms with van der Waals surface area (Å²) in [6.45, 7) is 6.22. The summed E-state index contributed by atoms with van der Waals surface area (Å²) in [5, 5.41) is 1.17. The van der Waals surface area contributed by atoms with Gasteiger partial charge in [0.05, 0.1) is 10.9 Å². The lowest BCUT2D eigenvalue weighted by Crippen LogP contribution is -2.14. The fourth-order valence-corrected chi connectivity index (χ4v) is 2.34. The third-order valence-corrected chi connectivity index (χ3v) is 3.11. The van der Waals surface area contributed by atoms with Crippen LogP contribution in [0.2, 0.25) is 0 Å². The average Bonchev–Trinajstić information content (AvgIpc) is 2.17. The van der Waals surface area contributed by atoms with E-state index in [0.29, 0.717) is 21.7 Å². The van der Waals surface area contributed by atoms with Crippen LogP contribution in [0.25, 0.3) is 10.9 Å². The van der Waals surface area contributed by atoms with Crippen molar-refractivity contribution in [3.05, 3.63) is 28.6 Å². The summed E-state index contributed by atoms with van der Waals surface area (Å²) < 4.78 is 0.0113. The Kier molecular flexibility index (Phi) is 2.87. The van der Waals surface area contributed by atoms with Gasteiger partial charge in [-0.05, 0) is 18.2 Å². The summed E-state index contributed by atoms with van der Waals surface area (Å²) in [5.74, 6) is 0. The molecule has 90 valence electrons. The Bertz CT molecular complexity index is 613. The number of hydrogen-bond donors (Lipinski definition) is 2. The van der Waals surface area contributed by atoms with Gasteiger partial charge in [-0.1, -0.05) is 32.5 Å². The molecule has 0 unspecified atom stereocenters. The SMILES string of the molecule is CC(C)(C)Sc1nc2ccc(N)cc2c(=O)[nH]1. The number of thioether (sulfide) groups is 1. The van der Waals surface area contributed by atoms with E-state index in [9.17, 15) is 4.79 Å². The van der Waals surface area contributed by atoms with Crippen molar-refractivity contribution < 1.29 is 0 Å². The van der Waals surface area contributed by atoms with E-state index >= 15 is 0 Å². The highest BCUT2D eigenvalue weighted by Gasteiger charge is 2.14. The average molecular weight is 249 g/mol. The summed E-state index contributed by atoms with van der Waals surface area (Å²) in [6.07, 6.45) is 0. The Morgan fingerprint density at radius 2 is 2.06 bits per heavy atom. The normalized spacial score (nSPS) is 11.9. The third-order valence-electron chi connectivity index (χ3n) is 2.11. The summed E-state index contributed by atoms with van der Waals surface area (Å²) in [5.41, 5.74) is 6.75. The molecule has 0 saturated heterocycles. The van der Waals surface area contributed by atoms with E-state index < -0.39 is 0 Å². The number of fused-ring (bicyclic) bond motifs is 1. The number of nitrogen functional groups attached to an aromatic ring is 1. The zero-order valence-corrected chi connectivity index (χ0v) is 10.9. The first-order valence-corrected chi connectivity index (χ1v) is 6.15. The van der Waals surface area contributed by atoms with E-state index in [1.807, 2.05) is 0 Å². The minimum atomic E-state index is -0.144. The number of nitrogens with zero attached hydrogens (tertiary/aromatic N) is 1. The van der Waals surface area contributed by atoms with Gasteiger partial charge >= 0.3 is 0 Å². The zero-order chi connectivity index (χ0) is 12.6. The van der Waals surface area contributed by atoms with Gasteiger partial charge in [-0.2, -0.15) is 0 Å².